The Hall–Kier alpha value is -1.85. The van der Waals surface area contributed by atoms with Crippen LogP contribution < -0.4 is 5.32 Å². The number of allylic oxidation sites excluding steroid dienone is 2. The number of carbonyl (C=O) groups is 3. The zero-order chi connectivity index (χ0) is 21.4. The van der Waals surface area contributed by atoms with E-state index >= 15 is 0 Å². The molecule has 1 heterocycles. The minimum atomic E-state index is -0.160. The van der Waals surface area contributed by atoms with E-state index in [0.717, 1.165) is 0 Å². The molecule has 1 aromatic carbocycles. The molecule has 0 unspecified atom stereocenters. The Morgan fingerprint density at radius 3 is 2.16 bits per heavy atom. The molecule has 0 aromatic heterocycles. The first-order chi connectivity index (χ1) is 15.0. The Morgan fingerprint density at radius 2 is 1.55 bits per heavy atom. The van der Waals surface area contributed by atoms with Crippen molar-refractivity contribution in [1.82, 2.24) is 4.90 Å². The molecule has 5 aliphatic carbocycles. The maximum absolute atomic E-state index is 13.3. The van der Waals surface area contributed by atoms with Crippen LogP contribution in [-0.2, 0) is 14.4 Å². The van der Waals surface area contributed by atoms with Crippen molar-refractivity contribution >= 4 is 46.6 Å². The van der Waals surface area contributed by atoms with E-state index in [9.17, 15) is 14.4 Å². The SMILES string of the molecule is O=C(Nc1cccc(Cl)c1Cl)C1CCC(N2C(=O)[C@@H]3[C@H]4C=C[C@@H]([C@@H]5C[C@H]45)[C@H]3C2=O)CC1. The molecule has 5 nitrogen and oxygen atoms in total. The number of hydrogen-bond acceptors (Lipinski definition) is 3. The van der Waals surface area contributed by atoms with Gasteiger partial charge in [-0.3, -0.25) is 19.3 Å². The van der Waals surface area contributed by atoms with E-state index in [2.05, 4.69) is 17.5 Å². The van der Waals surface area contributed by atoms with E-state index in [-0.39, 0.29) is 53.4 Å². The molecule has 1 saturated heterocycles. The lowest BCUT2D eigenvalue weighted by Crippen LogP contribution is -2.44. The van der Waals surface area contributed by atoms with E-state index in [1.165, 1.54) is 6.42 Å². The molecule has 6 atom stereocenters. The van der Waals surface area contributed by atoms with Gasteiger partial charge in [-0.1, -0.05) is 41.4 Å². The van der Waals surface area contributed by atoms with Crippen molar-refractivity contribution in [3.8, 4) is 0 Å². The summed E-state index contributed by atoms with van der Waals surface area (Å²) in [6, 6.07) is 5.07. The van der Waals surface area contributed by atoms with E-state index < -0.39 is 0 Å². The third-order valence-electron chi connectivity index (χ3n) is 8.34. The number of likely N-dealkylation sites (tertiary alicyclic amines) is 1. The molecule has 6 aliphatic rings. The van der Waals surface area contributed by atoms with Crippen LogP contribution in [0.4, 0.5) is 5.69 Å². The monoisotopic (exact) mass is 458 g/mol. The summed E-state index contributed by atoms with van der Waals surface area (Å²) in [6.45, 7) is 0. The van der Waals surface area contributed by atoms with Crippen molar-refractivity contribution in [2.75, 3.05) is 5.32 Å². The molecule has 1 N–H and O–H groups in total. The Labute approximate surface area is 191 Å². The highest BCUT2D eigenvalue weighted by Crippen LogP contribution is 2.65. The van der Waals surface area contributed by atoms with Crippen molar-refractivity contribution in [3.05, 3.63) is 40.4 Å². The Balaban J connectivity index is 1.12. The van der Waals surface area contributed by atoms with E-state index in [4.69, 9.17) is 23.2 Å². The molecule has 162 valence electrons. The number of anilines is 1. The van der Waals surface area contributed by atoms with Crippen LogP contribution in [0.5, 0.6) is 0 Å². The second kappa shape index (κ2) is 7.08. The number of carbonyl (C=O) groups excluding carboxylic acids is 3. The van der Waals surface area contributed by atoms with Gasteiger partial charge in [0.25, 0.3) is 0 Å². The van der Waals surface area contributed by atoms with Crippen LogP contribution in [-0.4, -0.2) is 28.7 Å². The van der Waals surface area contributed by atoms with Gasteiger partial charge in [-0.05, 0) is 67.9 Å². The van der Waals surface area contributed by atoms with Gasteiger partial charge in [0.2, 0.25) is 17.7 Å². The first kappa shape index (κ1) is 19.8. The summed E-state index contributed by atoms with van der Waals surface area (Å²) in [5, 5.41) is 3.62. The number of amides is 3. The number of nitrogens with zero attached hydrogens (tertiary/aromatic N) is 1. The predicted molar refractivity (Wildman–Crippen MR) is 117 cm³/mol. The molecule has 31 heavy (non-hydrogen) atoms. The second-order valence-corrected chi connectivity index (χ2v) is 10.6. The molecule has 0 radical (unpaired) electrons. The van der Waals surface area contributed by atoms with Crippen LogP contribution in [0.1, 0.15) is 32.1 Å². The summed E-state index contributed by atoms with van der Waals surface area (Å²) in [4.78, 5) is 40.9. The number of imide groups is 1. The van der Waals surface area contributed by atoms with Gasteiger partial charge in [-0.2, -0.15) is 0 Å². The van der Waals surface area contributed by atoms with Gasteiger partial charge in [-0.15, -0.1) is 0 Å². The summed E-state index contributed by atoms with van der Waals surface area (Å²) >= 11 is 12.2. The van der Waals surface area contributed by atoms with Crippen molar-refractivity contribution in [2.24, 2.45) is 41.4 Å². The number of nitrogens with one attached hydrogen (secondary N) is 1. The summed E-state index contributed by atoms with van der Waals surface area (Å²) in [7, 11) is 0. The van der Waals surface area contributed by atoms with Gasteiger partial charge in [0, 0.05) is 12.0 Å². The average Bonchev–Trinajstić information content (AvgIpc) is 3.55. The molecule has 3 amide bonds. The van der Waals surface area contributed by atoms with Crippen molar-refractivity contribution in [3.63, 3.8) is 0 Å². The first-order valence-electron chi connectivity index (χ1n) is 11.3. The van der Waals surface area contributed by atoms with Crippen LogP contribution in [0.25, 0.3) is 0 Å². The van der Waals surface area contributed by atoms with E-state index in [0.29, 0.717) is 53.3 Å². The highest BCUT2D eigenvalue weighted by Gasteiger charge is 2.67. The third-order valence-corrected chi connectivity index (χ3v) is 9.16. The third kappa shape index (κ3) is 2.92. The Bertz CT molecular complexity index is 980. The van der Waals surface area contributed by atoms with Gasteiger partial charge >= 0.3 is 0 Å². The molecular formula is C24H24Cl2N2O3. The zero-order valence-electron chi connectivity index (χ0n) is 17.0. The lowest BCUT2D eigenvalue weighted by molar-refractivity contribution is -0.144. The highest BCUT2D eigenvalue weighted by molar-refractivity contribution is 6.44. The topological polar surface area (TPSA) is 66.5 Å². The first-order valence-corrected chi connectivity index (χ1v) is 12.0. The lowest BCUT2D eigenvalue weighted by Gasteiger charge is -2.37. The fraction of sp³-hybridized carbons (Fsp3) is 0.542. The second-order valence-electron chi connectivity index (χ2n) is 9.80. The van der Waals surface area contributed by atoms with Gasteiger partial charge in [0.05, 0.1) is 27.6 Å². The maximum atomic E-state index is 13.3. The number of rotatable bonds is 3. The maximum Gasteiger partial charge on any atom is 0.233 e. The predicted octanol–water partition coefficient (Wildman–Crippen LogP) is 4.54. The molecule has 4 fully saturated rings. The van der Waals surface area contributed by atoms with Crippen molar-refractivity contribution in [1.29, 1.82) is 0 Å². The summed E-state index contributed by atoms with van der Waals surface area (Å²) in [5.41, 5.74) is 0.511. The normalized spacial score (nSPS) is 40.0. The van der Waals surface area contributed by atoms with Crippen molar-refractivity contribution < 1.29 is 14.4 Å². The van der Waals surface area contributed by atoms with Gasteiger partial charge < -0.3 is 5.32 Å². The minimum Gasteiger partial charge on any atom is -0.324 e. The quantitative estimate of drug-likeness (QED) is 0.533. The van der Waals surface area contributed by atoms with E-state index in [1.54, 1.807) is 23.1 Å². The van der Waals surface area contributed by atoms with E-state index in [1.807, 2.05) is 0 Å². The van der Waals surface area contributed by atoms with Gasteiger partial charge in [-0.25, -0.2) is 0 Å². The highest BCUT2D eigenvalue weighted by atomic mass is 35.5. The molecule has 7 heteroatoms. The molecule has 1 aliphatic heterocycles. The van der Waals surface area contributed by atoms with Gasteiger partial charge in [0.1, 0.15) is 0 Å². The fourth-order valence-corrected chi connectivity index (χ4v) is 7.12. The number of benzene rings is 1. The van der Waals surface area contributed by atoms with Crippen LogP contribution in [0.15, 0.2) is 30.4 Å². The smallest absolute Gasteiger partial charge is 0.233 e. The Kier molecular flexibility index (Phi) is 4.52. The molecule has 0 spiro atoms. The molecule has 2 bridgehead atoms. The average molecular weight is 459 g/mol. The summed E-state index contributed by atoms with van der Waals surface area (Å²) in [5.74, 6) is 1.30. The summed E-state index contributed by atoms with van der Waals surface area (Å²) < 4.78 is 0. The van der Waals surface area contributed by atoms with Crippen LogP contribution in [0.3, 0.4) is 0 Å². The number of halogens is 2. The van der Waals surface area contributed by atoms with Crippen LogP contribution in [0, 0.1) is 41.4 Å². The van der Waals surface area contributed by atoms with Gasteiger partial charge in [0.15, 0.2) is 0 Å². The van der Waals surface area contributed by atoms with Crippen LogP contribution in [0.2, 0.25) is 10.0 Å². The summed E-state index contributed by atoms with van der Waals surface area (Å²) in [6.07, 6.45) is 8.23. The molecule has 7 rings (SSSR count). The molecule has 1 aromatic rings. The van der Waals surface area contributed by atoms with Crippen molar-refractivity contribution in [2.45, 2.75) is 38.1 Å². The fourth-order valence-electron chi connectivity index (χ4n) is 6.77. The minimum absolute atomic E-state index is 0.0401. The van der Waals surface area contributed by atoms with Crippen LogP contribution >= 0.6 is 23.2 Å². The molecular weight excluding hydrogens is 435 g/mol. The molecule has 3 saturated carbocycles. The Morgan fingerprint density at radius 1 is 0.935 bits per heavy atom. The zero-order valence-corrected chi connectivity index (χ0v) is 18.5. The number of hydrogen-bond donors (Lipinski definition) is 1. The lowest BCUT2D eigenvalue weighted by atomic mass is 9.63. The standard InChI is InChI=1S/C24H24Cl2N2O3/c25-17-2-1-3-18(21(17)26)27-22(29)11-4-6-12(7-5-11)28-23(30)19-13-8-9-14(16-10-15(13)16)20(19)24(28)31/h1-3,8-9,11-16,19-20H,4-7,10H2,(H,27,29)/t11?,12?,13-,14-,15-,16+,19+,20+/m0/s1. The largest absolute Gasteiger partial charge is 0.324 e.